The first-order valence-corrected chi connectivity index (χ1v) is 5.34. The molecule has 0 fully saturated rings. The number of ether oxygens (including phenoxy) is 1. The van der Waals surface area contributed by atoms with E-state index in [9.17, 15) is 0 Å². The molecule has 0 saturated carbocycles. The highest BCUT2D eigenvalue weighted by Gasteiger charge is 2.00. The third-order valence-electron chi connectivity index (χ3n) is 1.73. The Balaban J connectivity index is 2.49. The van der Waals surface area contributed by atoms with E-state index < -0.39 is 0 Å². The third kappa shape index (κ3) is 4.65. The van der Waals surface area contributed by atoms with Crippen LogP contribution in [0, 0.1) is 11.8 Å². The summed E-state index contributed by atoms with van der Waals surface area (Å²) < 4.78 is 5.46. The van der Waals surface area contributed by atoms with Crippen LogP contribution in [-0.4, -0.2) is 22.6 Å². The van der Waals surface area contributed by atoms with Crippen LogP contribution in [0.2, 0.25) is 0 Å². The molecule has 0 amide bonds. The van der Waals surface area contributed by atoms with Crippen LogP contribution in [0.25, 0.3) is 0 Å². The number of anilines is 1. The molecule has 1 aromatic heterocycles. The maximum atomic E-state index is 5.46. The van der Waals surface area contributed by atoms with Gasteiger partial charge in [0.05, 0.1) is 6.10 Å². The van der Waals surface area contributed by atoms with E-state index in [1.54, 1.807) is 6.07 Å². The van der Waals surface area contributed by atoms with Crippen LogP contribution in [0.5, 0.6) is 5.88 Å². The fraction of sp³-hybridized carbons (Fsp3) is 0.500. The van der Waals surface area contributed by atoms with E-state index in [4.69, 9.17) is 4.74 Å². The summed E-state index contributed by atoms with van der Waals surface area (Å²) in [6.07, 6.45) is 2.42. The number of hydrogen-bond acceptors (Lipinski definition) is 4. The first-order chi connectivity index (χ1) is 7.72. The van der Waals surface area contributed by atoms with E-state index in [0.29, 0.717) is 5.88 Å². The Morgan fingerprint density at radius 1 is 1.44 bits per heavy atom. The van der Waals surface area contributed by atoms with E-state index in [-0.39, 0.29) is 6.10 Å². The molecule has 1 aromatic rings. The monoisotopic (exact) mass is 219 g/mol. The lowest BCUT2D eigenvalue weighted by molar-refractivity contribution is 0.232. The predicted molar refractivity (Wildman–Crippen MR) is 64.4 cm³/mol. The van der Waals surface area contributed by atoms with Crippen molar-refractivity contribution in [3.05, 3.63) is 12.4 Å². The van der Waals surface area contributed by atoms with Gasteiger partial charge in [-0.25, -0.2) is 9.97 Å². The molecule has 0 aliphatic rings. The Morgan fingerprint density at radius 3 is 2.94 bits per heavy atom. The van der Waals surface area contributed by atoms with E-state index in [1.807, 2.05) is 20.8 Å². The second-order valence-corrected chi connectivity index (χ2v) is 3.51. The predicted octanol–water partition coefficient (Wildman–Crippen LogP) is 2.09. The minimum Gasteiger partial charge on any atom is -0.475 e. The molecule has 0 bridgehead atoms. The normalized spacial score (nSPS) is 9.50. The van der Waals surface area contributed by atoms with Crippen molar-refractivity contribution in [1.82, 2.24) is 9.97 Å². The summed E-state index contributed by atoms with van der Waals surface area (Å²) in [7, 11) is 0. The Hall–Kier alpha value is -1.76. The number of nitrogens with zero attached hydrogens (tertiary/aromatic N) is 2. The zero-order chi connectivity index (χ0) is 11.8. The van der Waals surface area contributed by atoms with E-state index in [1.165, 1.54) is 6.33 Å². The standard InChI is InChI=1S/C12H17N3O/c1-4-5-6-7-13-11-8-12(15-9-14-11)16-10(2)3/h8-10H,6-7H2,1-3H3,(H,13,14,15). The zero-order valence-corrected chi connectivity index (χ0v) is 9.95. The van der Waals surface area contributed by atoms with Crippen LogP contribution >= 0.6 is 0 Å². The van der Waals surface area contributed by atoms with Crippen LogP contribution in [0.15, 0.2) is 12.4 Å². The quantitative estimate of drug-likeness (QED) is 0.608. The van der Waals surface area contributed by atoms with Crippen molar-refractivity contribution in [2.75, 3.05) is 11.9 Å². The van der Waals surface area contributed by atoms with Crippen molar-refractivity contribution in [2.45, 2.75) is 33.3 Å². The third-order valence-corrected chi connectivity index (χ3v) is 1.73. The summed E-state index contributed by atoms with van der Waals surface area (Å²) in [5, 5.41) is 3.16. The Kier molecular flexibility index (Phi) is 5.13. The lowest BCUT2D eigenvalue weighted by Gasteiger charge is -2.09. The van der Waals surface area contributed by atoms with Crippen LogP contribution in [-0.2, 0) is 0 Å². The number of aromatic nitrogens is 2. The smallest absolute Gasteiger partial charge is 0.218 e. The van der Waals surface area contributed by atoms with E-state index >= 15 is 0 Å². The van der Waals surface area contributed by atoms with Gasteiger partial charge in [0.15, 0.2) is 0 Å². The van der Waals surface area contributed by atoms with Crippen LogP contribution in [0.4, 0.5) is 5.82 Å². The van der Waals surface area contributed by atoms with E-state index in [0.717, 1.165) is 18.8 Å². The summed E-state index contributed by atoms with van der Waals surface area (Å²) >= 11 is 0. The summed E-state index contributed by atoms with van der Waals surface area (Å²) in [4.78, 5) is 8.12. The molecule has 4 heteroatoms. The summed E-state index contributed by atoms with van der Waals surface area (Å²) in [5.41, 5.74) is 0. The number of hydrogen-bond donors (Lipinski definition) is 1. The van der Waals surface area contributed by atoms with Crippen LogP contribution in [0.3, 0.4) is 0 Å². The highest BCUT2D eigenvalue weighted by atomic mass is 16.5. The number of rotatable bonds is 5. The van der Waals surface area contributed by atoms with Gasteiger partial charge in [-0.2, -0.15) is 0 Å². The molecule has 16 heavy (non-hydrogen) atoms. The molecule has 4 nitrogen and oxygen atoms in total. The molecular formula is C12H17N3O. The molecular weight excluding hydrogens is 202 g/mol. The average molecular weight is 219 g/mol. The summed E-state index contributed by atoms with van der Waals surface area (Å²) in [6.45, 7) is 6.54. The van der Waals surface area contributed by atoms with Gasteiger partial charge in [0.25, 0.3) is 0 Å². The fourth-order valence-corrected chi connectivity index (χ4v) is 1.12. The largest absolute Gasteiger partial charge is 0.475 e. The first kappa shape index (κ1) is 12.3. The molecule has 0 atom stereocenters. The second-order valence-electron chi connectivity index (χ2n) is 3.51. The second kappa shape index (κ2) is 6.67. The molecule has 86 valence electrons. The van der Waals surface area contributed by atoms with Crippen molar-refractivity contribution in [1.29, 1.82) is 0 Å². The van der Waals surface area contributed by atoms with Crippen molar-refractivity contribution >= 4 is 5.82 Å². The molecule has 0 spiro atoms. The Morgan fingerprint density at radius 2 is 2.25 bits per heavy atom. The highest BCUT2D eigenvalue weighted by Crippen LogP contribution is 2.12. The van der Waals surface area contributed by atoms with Gasteiger partial charge in [-0.3, -0.25) is 0 Å². The van der Waals surface area contributed by atoms with Gasteiger partial charge in [0.1, 0.15) is 12.1 Å². The van der Waals surface area contributed by atoms with Gasteiger partial charge in [-0.1, -0.05) is 0 Å². The van der Waals surface area contributed by atoms with E-state index in [2.05, 4.69) is 27.1 Å². The molecule has 0 aliphatic heterocycles. The molecule has 0 unspecified atom stereocenters. The van der Waals surface area contributed by atoms with Crippen LogP contribution < -0.4 is 10.1 Å². The van der Waals surface area contributed by atoms with Crippen molar-refractivity contribution in [3.63, 3.8) is 0 Å². The summed E-state index contributed by atoms with van der Waals surface area (Å²) in [6, 6.07) is 1.79. The van der Waals surface area contributed by atoms with Gasteiger partial charge in [-0.05, 0) is 20.8 Å². The Labute approximate surface area is 96.5 Å². The highest BCUT2D eigenvalue weighted by molar-refractivity contribution is 5.37. The minimum atomic E-state index is 0.119. The van der Waals surface area contributed by atoms with Gasteiger partial charge in [0, 0.05) is 19.0 Å². The summed E-state index contributed by atoms with van der Waals surface area (Å²) in [5.74, 6) is 7.18. The van der Waals surface area contributed by atoms with Gasteiger partial charge >= 0.3 is 0 Å². The number of nitrogens with one attached hydrogen (secondary N) is 1. The van der Waals surface area contributed by atoms with Gasteiger partial charge < -0.3 is 10.1 Å². The van der Waals surface area contributed by atoms with Crippen LogP contribution in [0.1, 0.15) is 27.2 Å². The molecule has 0 saturated heterocycles. The Bertz CT molecular complexity index is 379. The molecule has 1 rings (SSSR count). The molecule has 0 aliphatic carbocycles. The minimum absolute atomic E-state index is 0.119. The van der Waals surface area contributed by atoms with Gasteiger partial charge in [0.2, 0.25) is 5.88 Å². The average Bonchev–Trinajstić information content (AvgIpc) is 2.24. The lowest BCUT2D eigenvalue weighted by Crippen LogP contribution is -2.08. The fourth-order valence-electron chi connectivity index (χ4n) is 1.12. The zero-order valence-electron chi connectivity index (χ0n) is 9.95. The van der Waals surface area contributed by atoms with Crippen molar-refractivity contribution in [2.24, 2.45) is 0 Å². The lowest BCUT2D eigenvalue weighted by atomic mass is 10.4. The first-order valence-electron chi connectivity index (χ1n) is 5.34. The topological polar surface area (TPSA) is 47.0 Å². The molecule has 1 N–H and O–H groups in total. The van der Waals surface area contributed by atoms with Crippen molar-refractivity contribution in [3.8, 4) is 17.7 Å². The molecule has 1 heterocycles. The maximum absolute atomic E-state index is 5.46. The SMILES string of the molecule is CC#CCCNc1cc(OC(C)C)ncn1. The molecule has 0 radical (unpaired) electrons. The van der Waals surface area contributed by atoms with Gasteiger partial charge in [-0.15, -0.1) is 11.8 Å². The maximum Gasteiger partial charge on any atom is 0.218 e. The van der Waals surface area contributed by atoms with Crippen molar-refractivity contribution < 1.29 is 4.74 Å². The molecule has 0 aromatic carbocycles.